The van der Waals surface area contributed by atoms with Crippen LogP contribution in [0.3, 0.4) is 0 Å². The summed E-state index contributed by atoms with van der Waals surface area (Å²) in [5.74, 6) is 1.82. The number of rotatable bonds is 7. The topological polar surface area (TPSA) is 79.2 Å². The van der Waals surface area contributed by atoms with Crippen LogP contribution in [-0.2, 0) is 13.0 Å². The highest BCUT2D eigenvalue weighted by molar-refractivity contribution is 5.79. The Morgan fingerprint density at radius 1 is 1.24 bits per heavy atom. The van der Waals surface area contributed by atoms with Crippen molar-refractivity contribution in [1.29, 1.82) is 0 Å². The van der Waals surface area contributed by atoms with Gasteiger partial charge in [0, 0.05) is 45.2 Å². The van der Waals surface area contributed by atoms with Crippen LogP contribution in [0.5, 0.6) is 0 Å². The van der Waals surface area contributed by atoms with Gasteiger partial charge in [0.2, 0.25) is 0 Å². The Balaban J connectivity index is 2.23. The maximum Gasteiger partial charge on any atom is 0.191 e. The zero-order valence-electron chi connectivity index (χ0n) is 13.9. The number of aryl methyl sites for hydroxylation is 1. The predicted octanol–water partition coefficient (Wildman–Crippen LogP) is 0.394. The highest BCUT2D eigenvalue weighted by atomic mass is 15.3. The zero-order valence-corrected chi connectivity index (χ0v) is 13.9. The summed E-state index contributed by atoms with van der Waals surface area (Å²) in [5.41, 5.74) is 0.142. The Morgan fingerprint density at radius 2 is 1.95 bits per heavy atom. The van der Waals surface area contributed by atoms with Crippen LogP contribution >= 0.6 is 0 Å². The van der Waals surface area contributed by atoms with Gasteiger partial charge in [-0.15, -0.1) is 10.2 Å². The minimum Gasteiger partial charge on any atom is -0.355 e. The van der Waals surface area contributed by atoms with E-state index in [4.69, 9.17) is 0 Å². The highest BCUT2D eigenvalue weighted by Gasteiger charge is 2.07. The molecule has 0 spiro atoms. The van der Waals surface area contributed by atoms with Crippen LogP contribution < -0.4 is 16.0 Å². The van der Waals surface area contributed by atoms with Gasteiger partial charge < -0.3 is 20.5 Å². The molecule has 0 atom stereocenters. The van der Waals surface area contributed by atoms with E-state index in [0.29, 0.717) is 0 Å². The second-order valence-electron chi connectivity index (χ2n) is 5.90. The van der Waals surface area contributed by atoms with E-state index >= 15 is 0 Å². The maximum atomic E-state index is 4.21. The van der Waals surface area contributed by atoms with Gasteiger partial charge in [-0.05, 0) is 20.8 Å². The Bertz CT molecular complexity index is 431. The highest BCUT2D eigenvalue weighted by Crippen LogP contribution is 1.96. The molecule has 0 aliphatic carbocycles. The lowest BCUT2D eigenvalue weighted by Gasteiger charge is -2.21. The Hall–Kier alpha value is -1.63. The third-order valence-corrected chi connectivity index (χ3v) is 2.95. The molecule has 1 aromatic heterocycles. The minimum absolute atomic E-state index is 0.142. The molecule has 7 heteroatoms. The van der Waals surface area contributed by atoms with Gasteiger partial charge in [-0.25, -0.2) is 0 Å². The van der Waals surface area contributed by atoms with Crippen molar-refractivity contribution in [3.05, 3.63) is 12.2 Å². The quantitative estimate of drug-likeness (QED) is 0.385. The van der Waals surface area contributed by atoms with Crippen LogP contribution in [0.1, 0.15) is 33.5 Å². The lowest BCUT2D eigenvalue weighted by Crippen LogP contribution is -2.45. The maximum absolute atomic E-state index is 4.21. The largest absolute Gasteiger partial charge is 0.355 e. The molecule has 0 amide bonds. The molecule has 120 valence electrons. The Morgan fingerprint density at radius 3 is 2.57 bits per heavy atom. The van der Waals surface area contributed by atoms with E-state index in [9.17, 15) is 0 Å². The van der Waals surface area contributed by atoms with Crippen LogP contribution in [0.25, 0.3) is 0 Å². The van der Waals surface area contributed by atoms with E-state index in [1.165, 1.54) is 0 Å². The molecule has 21 heavy (non-hydrogen) atoms. The molecule has 7 nitrogen and oxygen atoms in total. The van der Waals surface area contributed by atoms with Gasteiger partial charge in [0.05, 0.1) is 0 Å². The van der Waals surface area contributed by atoms with E-state index < -0.39 is 0 Å². The number of nitrogens with one attached hydrogen (secondary N) is 3. The number of hydrogen-bond acceptors (Lipinski definition) is 4. The van der Waals surface area contributed by atoms with Crippen molar-refractivity contribution in [2.45, 2.75) is 46.2 Å². The van der Waals surface area contributed by atoms with Crippen molar-refractivity contribution < 1.29 is 0 Å². The van der Waals surface area contributed by atoms with Gasteiger partial charge in [0.1, 0.15) is 12.2 Å². The summed E-state index contributed by atoms with van der Waals surface area (Å²) in [6, 6.07) is 0. The van der Waals surface area contributed by atoms with Crippen LogP contribution in [-0.4, -0.2) is 52.9 Å². The summed E-state index contributed by atoms with van der Waals surface area (Å²) in [6.45, 7) is 11.9. The van der Waals surface area contributed by atoms with Crippen molar-refractivity contribution in [3.63, 3.8) is 0 Å². The number of hydrogen-bond donors (Lipinski definition) is 3. The van der Waals surface area contributed by atoms with E-state index in [1.807, 2.05) is 0 Å². The second kappa shape index (κ2) is 8.61. The molecule has 0 aliphatic rings. The first-order valence-corrected chi connectivity index (χ1v) is 7.52. The van der Waals surface area contributed by atoms with E-state index in [-0.39, 0.29) is 5.54 Å². The Labute approximate surface area is 127 Å². The van der Waals surface area contributed by atoms with Crippen LogP contribution in [0.15, 0.2) is 11.3 Å². The summed E-state index contributed by atoms with van der Waals surface area (Å²) in [4.78, 5) is 4.21. The van der Waals surface area contributed by atoms with Crippen LogP contribution in [0.2, 0.25) is 0 Å². The lowest BCUT2D eigenvalue weighted by atomic mass is 10.1. The van der Waals surface area contributed by atoms with Gasteiger partial charge >= 0.3 is 0 Å². The summed E-state index contributed by atoms with van der Waals surface area (Å²) in [5, 5.41) is 18.0. The lowest BCUT2D eigenvalue weighted by molar-refractivity contribution is 0.428. The standard InChI is InChI=1S/C14H29N7/c1-6-12-20-19-11-21(12)10-9-17-13(15-5)16-7-8-18-14(2,3)4/h11,18H,6-10H2,1-5H3,(H2,15,16,17). The molecule has 1 heterocycles. The van der Waals surface area contributed by atoms with Crippen molar-refractivity contribution >= 4 is 5.96 Å². The molecule has 0 saturated heterocycles. The number of aliphatic imine (C=N–C) groups is 1. The van der Waals surface area contributed by atoms with E-state index in [0.717, 1.165) is 44.4 Å². The molecule has 0 unspecified atom stereocenters. The smallest absolute Gasteiger partial charge is 0.191 e. The molecule has 0 saturated carbocycles. The first-order chi connectivity index (χ1) is 9.96. The summed E-state index contributed by atoms with van der Waals surface area (Å²) < 4.78 is 2.06. The molecular weight excluding hydrogens is 266 g/mol. The van der Waals surface area contributed by atoms with Crippen molar-refractivity contribution in [1.82, 2.24) is 30.7 Å². The predicted molar refractivity (Wildman–Crippen MR) is 86.5 cm³/mol. The van der Waals surface area contributed by atoms with Gasteiger partial charge in [0.15, 0.2) is 5.96 Å². The molecule has 0 bridgehead atoms. The number of aromatic nitrogens is 3. The van der Waals surface area contributed by atoms with E-state index in [1.54, 1.807) is 13.4 Å². The molecular formula is C14H29N7. The zero-order chi connectivity index (χ0) is 15.7. The molecule has 3 N–H and O–H groups in total. The SMILES string of the molecule is CCc1nncn1CCNC(=NC)NCCNC(C)(C)C. The van der Waals surface area contributed by atoms with Crippen molar-refractivity contribution in [2.24, 2.45) is 4.99 Å². The molecule has 0 fully saturated rings. The van der Waals surface area contributed by atoms with E-state index in [2.05, 4.69) is 63.4 Å². The van der Waals surface area contributed by atoms with Crippen molar-refractivity contribution in [3.8, 4) is 0 Å². The summed E-state index contributed by atoms with van der Waals surface area (Å²) >= 11 is 0. The van der Waals surface area contributed by atoms with Crippen LogP contribution in [0, 0.1) is 0 Å². The van der Waals surface area contributed by atoms with Gasteiger partial charge in [-0.2, -0.15) is 0 Å². The van der Waals surface area contributed by atoms with Gasteiger partial charge in [-0.1, -0.05) is 6.92 Å². The number of guanidine groups is 1. The average molecular weight is 295 g/mol. The second-order valence-corrected chi connectivity index (χ2v) is 5.90. The summed E-state index contributed by atoms with van der Waals surface area (Å²) in [7, 11) is 1.78. The van der Waals surface area contributed by atoms with Gasteiger partial charge in [-0.3, -0.25) is 4.99 Å². The van der Waals surface area contributed by atoms with Crippen LogP contribution in [0.4, 0.5) is 0 Å². The van der Waals surface area contributed by atoms with Crippen molar-refractivity contribution in [2.75, 3.05) is 26.7 Å². The summed E-state index contributed by atoms with van der Waals surface area (Å²) in [6.07, 6.45) is 2.66. The normalized spacial score (nSPS) is 12.5. The fraction of sp³-hybridized carbons (Fsp3) is 0.786. The first kappa shape index (κ1) is 17.4. The molecule has 0 aliphatic heterocycles. The third kappa shape index (κ3) is 7.08. The molecule has 1 rings (SSSR count). The molecule has 0 aromatic carbocycles. The monoisotopic (exact) mass is 295 g/mol. The first-order valence-electron chi connectivity index (χ1n) is 7.52. The fourth-order valence-electron chi connectivity index (χ4n) is 1.87. The van der Waals surface area contributed by atoms with Gasteiger partial charge in [0.25, 0.3) is 0 Å². The average Bonchev–Trinajstić information content (AvgIpc) is 2.87. The third-order valence-electron chi connectivity index (χ3n) is 2.95. The fourth-order valence-corrected chi connectivity index (χ4v) is 1.87. The molecule has 0 radical (unpaired) electrons. The minimum atomic E-state index is 0.142. The molecule has 1 aromatic rings. The Kier molecular flexibility index (Phi) is 7.14. The number of nitrogens with zero attached hydrogens (tertiary/aromatic N) is 4.